The highest BCUT2D eigenvalue weighted by Gasteiger charge is 2.17. The highest BCUT2D eigenvalue weighted by molar-refractivity contribution is 6.02. The van der Waals surface area contributed by atoms with E-state index in [4.69, 9.17) is 0 Å². The summed E-state index contributed by atoms with van der Waals surface area (Å²) in [5.41, 5.74) is 4.28. The molecule has 3 rings (SSSR count). The van der Waals surface area contributed by atoms with Gasteiger partial charge in [0.2, 0.25) is 0 Å². The van der Waals surface area contributed by atoms with Crippen LogP contribution in [-0.4, -0.2) is 10.9 Å². The minimum absolute atomic E-state index is 0.0343. The van der Waals surface area contributed by atoms with Crippen molar-refractivity contribution >= 4 is 23.0 Å². The average Bonchev–Trinajstić information content (AvgIpc) is 2.63. The number of anilines is 3. The first-order valence-electron chi connectivity index (χ1n) is 8.62. The lowest BCUT2D eigenvalue weighted by Gasteiger charge is -2.23. The molecule has 2 aromatic carbocycles. The van der Waals surface area contributed by atoms with E-state index in [1.807, 2.05) is 48.5 Å². The molecule has 0 saturated carbocycles. The van der Waals surface area contributed by atoms with Crippen molar-refractivity contribution in [3.05, 3.63) is 84.2 Å². The molecule has 4 nitrogen and oxygen atoms in total. The van der Waals surface area contributed by atoms with Crippen LogP contribution in [-0.2, 0) is 5.41 Å². The van der Waals surface area contributed by atoms with Gasteiger partial charge in [-0.05, 0) is 41.3 Å². The van der Waals surface area contributed by atoms with Crippen LogP contribution >= 0.6 is 0 Å². The lowest BCUT2D eigenvalue weighted by Crippen LogP contribution is -2.14. The molecule has 0 spiro atoms. The third-order valence-corrected chi connectivity index (χ3v) is 4.04. The Labute approximate surface area is 154 Å². The second-order valence-electron chi connectivity index (χ2n) is 7.17. The average molecular weight is 345 g/mol. The number of amides is 1. The van der Waals surface area contributed by atoms with Crippen molar-refractivity contribution in [1.82, 2.24) is 4.98 Å². The number of nitrogens with one attached hydrogen (secondary N) is 2. The predicted octanol–water partition coefficient (Wildman–Crippen LogP) is 5.38. The van der Waals surface area contributed by atoms with Crippen LogP contribution in [0.25, 0.3) is 0 Å². The van der Waals surface area contributed by atoms with Crippen molar-refractivity contribution in [3.8, 4) is 0 Å². The molecular formula is C22H23N3O. The minimum atomic E-state index is -0.224. The van der Waals surface area contributed by atoms with Crippen LogP contribution in [0, 0.1) is 0 Å². The second-order valence-corrected chi connectivity index (χ2v) is 7.17. The van der Waals surface area contributed by atoms with Gasteiger partial charge in [-0.1, -0.05) is 57.2 Å². The molecule has 1 heterocycles. The van der Waals surface area contributed by atoms with E-state index < -0.39 is 0 Å². The Morgan fingerprint density at radius 2 is 1.54 bits per heavy atom. The molecule has 0 aliphatic carbocycles. The van der Waals surface area contributed by atoms with Crippen molar-refractivity contribution in [3.63, 3.8) is 0 Å². The van der Waals surface area contributed by atoms with Crippen LogP contribution < -0.4 is 10.6 Å². The normalized spacial score (nSPS) is 11.0. The van der Waals surface area contributed by atoms with Gasteiger partial charge >= 0.3 is 0 Å². The SMILES string of the molecule is CC(C)(C)c1ccccc1Nc1ccc(C(=O)Nc2ccccc2)nc1. The molecule has 0 aliphatic heterocycles. The third-order valence-electron chi connectivity index (χ3n) is 4.04. The minimum Gasteiger partial charge on any atom is -0.354 e. The predicted molar refractivity (Wildman–Crippen MR) is 107 cm³/mol. The Balaban J connectivity index is 1.74. The van der Waals surface area contributed by atoms with Crippen molar-refractivity contribution in [1.29, 1.82) is 0 Å². The van der Waals surface area contributed by atoms with Crippen molar-refractivity contribution in [2.24, 2.45) is 0 Å². The highest BCUT2D eigenvalue weighted by Crippen LogP contribution is 2.31. The molecule has 0 bridgehead atoms. The molecule has 0 saturated heterocycles. The smallest absolute Gasteiger partial charge is 0.274 e. The zero-order valence-electron chi connectivity index (χ0n) is 15.3. The van der Waals surface area contributed by atoms with E-state index in [0.717, 1.165) is 17.1 Å². The molecule has 0 radical (unpaired) electrons. The van der Waals surface area contributed by atoms with Crippen LogP contribution in [0.2, 0.25) is 0 Å². The van der Waals surface area contributed by atoms with Crippen molar-refractivity contribution in [2.75, 3.05) is 10.6 Å². The second kappa shape index (κ2) is 7.40. The fourth-order valence-electron chi connectivity index (χ4n) is 2.72. The van der Waals surface area contributed by atoms with E-state index in [1.54, 1.807) is 12.3 Å². The van der Waals surface area contributed by atoms with Gasteiger partial charge in [0, 0.05) is 11.4 Å². The van der Waals surface area contributed by atoms with Gasteiger partial charge in [-0.3, -0.25) is 4.79 Å². The third kappa shape index (κ3) is 4.28. The largest absolute Gasteiger partial charge is 0.354 e. The topological polar surface area (TPSA) is 54.0 Å². The maximum atomic E-state index is 12.3. The summed E-state index contributed by atoms with van der Waals surface area (Å²) in [5, 5.41) is 6.24. The summed E-state index contributed by atoms with van der Waals surface area (Å²) in [6.07, 6.45) is 1.68. The molecule has 1 aromatic heterocycles. The summed E-state index contributed by atoms with van der Waals surface area (Å²) >= 11 is 0. The van der Waals surface area contributed by atoms with Gasteiger partial charge in [0.25, 0.3) is 5.91 Å². The van der Waals surface area contributed by atoms with Gasteiger partial charge in [0.1, 0.15) is 5.69 Å². The van der Waals surface area contributed by atoms with E-state index in [0.29, 0.717) is 5.69 Å². The van der Waals surface area contributed by atoms with Crippen LogP contribution in [0.5, 0.6) is 0 Å². The summed E-state index contributed by atoms with van der Waals surface area (Å²) in [6.45, 7) is 6.55. The number of nitrogens with zero attached hydrogens (tertiary/aromatic N) is 1. The number of aromatic nitrogens is 1. The number of benzene rings is 2. The van der Waals surface area contributed by atoms with Gasteiger partial charge in [-0.15, -0.1) is 0 Å². The molecule has 0 fully saturated rings. The summed E-state index contributed by atoms with van der Waals surface area (Å²) in [6, 6.07) is 21.2. The van der Waals surface area contributed by atoms with Crippen molar-refractivity contribution in [2.45, 2.75) is 26.2 Å². The van der Waals surface area contributed by atoms with Crippen LogP contribution in [0.3, 0.4) is 0 Å². The van der Waals surface area contributed by atoms with Gasteiger partial charge in [-0.25, -0.2) is 4.98 Å². The van der Waals surface area contributed by atoms with Crippen LogP contribution in [0.15, 0.2) is 72.9 Å². The summed E-state index contributed by atoms with van der Waals surface area (Å²) in [5.74, 6) is -0.224. The number of carbonyl (C=O) groups is 1. The summed E-state index contributed by atoms with van der Waals surface area (Å²) in [7, 11) is 0. The molecular weight excluding hydrogens is 322 g/mol. The number of rotatable bonds is 4. The number of pyridine rings is 1. The van der Waals surface area contributed by atoms with E-state index in [1.165, 1.54) is 5.56 Å². The van der Waals surface area contributed by atoms with Gasteiger partial charge in [-0.2, -0.15) is 0 Å². The fourth-order valence-corrected chi connectivity index (χ4v) is 2.72. The zero-order valence-corrected chi connectivity index (χ0v) is 15.3. The maximum absolute atomic E-state index is 12.3. The number of hydrogen-bond acceptors (Lipinski definition) is 3. The number of para-hydroxylation sites is 2. The van der Waals surface area contributed by atoms with Gasteiger partial charge in [0.15, 0.2) is 0 Å². The lowest BCUT2D eigenvalue weighted by atomic mass is 9.86. The Morgan fingerprint density at radius 3 is 2.19 bits per heavy atom. The Kier molecular flexibility index (Phi) is 5.03. The van der Waals surface area contributed by atoms with Crippen LogP contribution in [0.4, 0.5) is 17.1 Å². The molecule has 0 atom stereocenters. The standard InChI is InChI=1S/C22H23N3O/c1-22(2,3)18-11-7-8-12-19(18)24-17-13-14-20(23-15-17)21(26)25-16-9-5-4-6-10-16/h4-15,24H,1-3H3,(H,25,26). The highest BCUT2D eigenvalue weighted by atomic mass is 16.1. The number of carbonyl (C=O) groups excluding carboxylic acids is 1. The molecule has 0 unspecified atom stereocenters. The number of hydrogen-bond donors (Lipinski definition) is 2. The van der Waals surface area contributed by atoms with E-state index in [-0.39, 0.29) is 11.3 Å². The molecule has 132 valence electrons. The first-order chi connectivity index (χ1) is 12.4. The first-order valence-corrected chi connectivity index (χ1v) is 8.62. The van der Waals surface area contributed by atoms with Gasteiger partial charge in [0.05, 0.1) is 11.9 Å². The Hall–Kier alpha value is -3.14. The molecule has 3 aromatic rings. The van der Waals surface area contributed by atoms with E-state index in [9.17, 15) is 4.79 Å². The zero-order chi connectivity index (χ0) is 18.6. The molecule has 2 N–H and O–H groups in total. The fraction of sp³-hybridized carbons (Fsp3) is 0.182. The molecule has 4 heteroatoms. The molecule has 0 aliphatic rings. The van der Waals surface area contributed by atoms with E-state index >= 15 is 0 Å². The first kappa shape index (κ1) is 17.7. The monoisotopic (exact) mass is 345 g/mol. The van der Waals surface area contributed by atoms with Crippen LogP contribution in [0.1, 0.15) is 36.8 Å². The summed E-state index contributed by atoms with van der Waals surface area (Å²) < 4.78 is 0. The maximum Gasteiger partial charge on any atom is 0.274 e. The molecule has 1 amide bonds. The van der Waals surface area contributed by atoms with Crippen molar-refractivity contribution < 1.29 is 4.79 Å². The quantitative estimate of drug-likeness (QED) is 0.668. The van der Waals surface area contributed by atoms with E-state index in [2.05, 4.69) is 48.5 Å². The molecule has 26 heavy (non-hydrogen) atoms. The van der Waals surface area contributed by atoms with Gasteiger partial charge < -0.3 is 10.6 Å². The lowest BCUT2D eigenvalue weighted by molar-refractivity contribution is 0.102. The Bertz CT molecular complexity index is 881. The Morgan fingerprint density at radius 1 is 0.846 bits per heavy atom. The summed E-state index contributed by atoms with van der Waals surface area (Å²) in [4.78, 5) is 16.6.